The Bertz CT molecular complexity index is 1320. The van der Waals surface area contributed by atoms with E-state index < -0.39 is 6.23 Å². The minimum absolute atomic E-state index is 0.126. The van der Waals surface area contributed by atoms with E-state index in [-0.39, 0.29) is 17.4 Å². The van der Waals surface area contributed by atoms with Crippen molar-refractivity contribution in [2.75, 3.05) is 6.54 Å². The van der Waals surface area contributed by atoms with Crippen LogP contribution in [0.15, 0.2) is 102 Å². The van der Waals surface area contributed by atoms with Gasteiger partial charge in [-0.2, -0.15) is 0 Å². The van der Waals surface area contributed by atoms with E-state index in [1.807, 2.05) is 36.4 Å². The summed E-state index contributed by atoms with van der Waals surface area (Å²) in [6.45, 7) is 4.56. The molecule has 0 spiro atoms. The van der Waals surface area contributed by atoms with Gasteiger partial charge in [0.2, 0.25) is 0 Å². The van der Waals surface area contributed by atoms with Crippen molar-refractivity contribution in [1.29, 1.82) is 0 Å². The molecule has 1 heterocycles. The molecule has 0 aromatic heterocycles. The smallest absolute Gasteiger partial charge is 0.256 e. The molecule has 0 bridgehead atoms. The van der Waals surface area contributed by atoms with Gasteiger partial charge in [0.15, 0.2) is 6.23 Å². The van der Waals surface area contributed by atoms with E-state index in [0.717, 1.165) is 53.5 Å². The zero-order valence-corrected chi connectivity index (χ0v) is 20.0. The molecule has 2 aliphatic rings. The Morgan fingerprint density at radius 3 is 2.06 bits per heavy atom. The van der Waals surface area contributed by atoms with Gasteiger partial charge in [0.05, 0.1) is 0 Å². The molecule has 1 fully saturated rings. The van der Waals surface area contributed by atoms with Crippen molar-refractivity contribution < 1.29 is 20.1 Å². The highest BCUT2D eigenvalue weighted by molar-refractivity contribution is 5.98. The Morgan fingerprint density at radius 2 is 1.50 bits per heavy atom. The predicted molar refractivity (Wildman–Crippen MR) is 140 cm³/mol. The van der Waals surface area contributed by atoms with Gasteiger partial charge in [-0.25, -0.2) is 0 Å². The lowest BCUT2D eigenvalue weighted by molar-refractivity contribution is 0.0170. The molecule has 3 N–H and O–H groups in total. The number of hydrogen-bond acceptors (Lipinski definition) is 4. The van der Waals surface area contributed by atoms with Crippen molar-refractivity contribution >= 4 is 11.5 Å². The number of carbonyl (C=O) groups excluding carboxylic acids is 1. The zero-order chi connectivity index (χ0) is 25.2. The van der Waals surface area contributed by atoms with Crippen LogP contribution in [0.3, 0.4) is 0 Å². The SMILES string of the molecule is C=C1C/C1=C\C(CCCCN1C(=O)c2ccccc2C1O)=C(c1ccc(O)cc1)c1ccc(O)cc1. The number of aliphatic hydroxyl groups excluding tert-OH is 1. The standard InChI is InChI=1S/C31H29NO4/c1-20-18-24(20)19-23(6-4-5-17-32-30(35)27-7-2-3-8-28(27)31(32)36)29(21-9-13-25(33)14-10-21)22-11-15-26(34)16-12-22/h2-3,7-16,19,30,33-35H,1,4-6,17-18H2/b24-19+. The van der Waals surface area contributed by atoms with Gasteiger partial charge >= 0.3 is 0 Å². The van der Waals surface area contributed by atoms with Gasteiger partial charge in [0, 0.05) is 17.7 Å². The quantitative estimate of drug-likeness (QED) is 0.341. The van der Waals surface area contributed by atoms with E-state index >= 15 is 0 Å². The average Bonchev–Trinajstić information content (AvgIpc) is 3.53. The Hall–Kier alpha value is -4.09. The topological polar surface area (TPSA) is 81.0 Å². The molecule has 1 saturated carbocycles. The van der Waals surface area contributed by atoms with Crippen LogP contribution in [0.25, 0.3) is 5.57 Å². The van der Waals surface area contributed by atoms with Crippen LogP contribution >= 0.6 is 0 Å². The first-order valence-corrected chi connectivity index (χ1v) is 12.2. The highest BCUT2D eigenvalue weighted by Gasteiger charge is 2.34. The number of fused-ring (bicyclic) bond motifs is 1. The Morgan fingerprint density at radius 1 is 0.917 bits per heavy atom. The summed E-state index contributed by atoms with van der Waals surface area (Å²) in [5, 5.41) is 30.3. The maximum Gasteiger partial charge on any atom is 0.256 e. The lowest BCUT2D eigenvalue weighted by Crippen LogP contribution is -2.29. The van der Waals surface area contributed by atoms with Crippen LogP contribution < -0.4 is 0 Å². The van der Waals surface area contributed by atoms with Crippen LogP contribution in [0.1, 0.15) is 59.0 Å². The molecule has 3 aromatic carbocycles. The largest absolute Gasteiger partial charge is 0.508 e. The summed E-state index contributed by atoms with van der Waals surface area (Å²) in [5.41, 5.74) is 7.71. The van der Waals surface area contributed by atoms with E-state index in [0.29, 0.717) is 17.7 Å². The number of aromatic hydroxyl groups is 2. The van der Waals surface area contributed by atoms with Crippen molar-refractivity contribution in [2.24, 2.45) is 0 Å². The third-order valence-electron chi connectivity index (χ3n) is 6.84. The second-order valence-electron chi connectivity index (χ2n) is 9.36. The molecule has 0 saturated heterocycles. The average molecular weight is 480 g/mol. The summed E-state index contributed by atoms with van der Waals surface area (Å²) in [4.78, 5) is 14.3. The van der Waals surface area contributed by atoms with E-state index in [9.17, 15) is 20.1 Å². The second kappa shape index (κ2) is 9.88. The van der Waals surface area contributed by atoms with Crippen LogP contribution in [0.5, 0.6) is 11.5 Å². The highest BCUT2D eigenvalue weighted by atomic mass is 16.3. The van der Waals surface area contributed by atoms with E-state index in [1.54, 1.807) is 36.4 Å². The number of phenolic OH excluding ortho intramolecular Hbond substituents is 2. The van der Waals surface area contributed by atoms with E-state index in [1.165, 1.54) is 10.5 Å². The summed E-state index contributed by atoms with van der Waals surface area (Å²) in [6, 6.07) is 21.5. The summed E-state index contributed by atoms with van der Waals surface area (Å²) in [6.07, 6.45) is 4.52. The molecule has 1 aliphatic heterocycles. The lowest BCUT2D eigenvalue weighted by atomic mass is 9.90. The van der Waals surface area contributed by atoms with Crippen molar-refractivity contribution in [3.63, 3.8) is 0 Å². The number of allylic oxidation sites excluding steroid dienone is 4. The maximum absolute atomic E-state index is 12.8. The molecule has 5 rings (SSSR count). The Kier molecular flexibility index (Phi) is 6.49. The summed E-state index contributed by atoms with van der Waals surface area (Å²) < 4.78 is 0. The van der Waals surface area contributed by atoms with Gasteiger partial charge in [0.25, 0.3) is 5.91 Å². The number of unbranched alkanes of at least 4 members (excludes halogenated alkanes) is 1. The fourth-order valence-corrected chi connectivity index (χ4v) is 4.78. The zero-order valence-electron chi connectivity index (χ0n) is 20.0. The van der Waals surface area contributed by atoms with Gasteiger partial charge in [0.1, 0.15) is 11.5 Å². The first-order chi connectivity index (χ1) is 17.4. The monoisotopic (exact) mass is 479 g/mol. The van der Waals surface area contributed by atoms with Crippen molar-refractivity contribution in [3.05, 3.63) is 124 Å². The van der Waals surface area contributed by atoms with Crippen molar-refractivity contribution in [3.8, 4) is 11.5 Å². The van der Waals surface area contributed by atoms with Crippen LogP contribution in [0.2, 0.25) is 0 Å². The minimum Gasteiger partial charge on any atom is -0.508 e. The number of phenols is 2. The second-order valence-corrected chi connectivity index (χ2v) is 9.36. The number of rotatable bonds is 8. The molecule has 3 aromatic rings. The maximum atomic E-state index is 12.8. The first-order valence-electron chi connectivity index (χ1n) is 12.2. The fourth-order valence-electron chi connectivity index (χ4n) is 4.78. The molecule has 1 unspecified atom stereocenters. The van der Waals surface area contributed by atoms with Crippen molar-refractivity contribution in [1.82, 2.24) is 4.90 Å². The molecule has 1 atom stereocenters. The molecule has 5 nitrogen and oxygen atoms in total. The van der Waals surface area contributed by atoms with E-state index in [2.05, 4.69) is 12.7 Å². The molecule has 0 radical (unpaired) electrons. The third-order valence-corrected chi connectivity index (χ3v) is 6.84. The molecule has 1 aliphatic carbocycles. The number of aliphatic hydroxyl groups is 1. The van der Waals surface area contributed by atoms with Crippen LogP contribution in [-0.4, -0.2) is 32.7 Å². The summed E-state index contributed by atoms with van der Waals surface area (Å²) >= 11 is 0. The van der Waals surface area contributed by atoms with Gasteiger partial charge in [-0.15, -0.1) is 0 Å². The van der Waals surface area contributed by atoms with Crippen LogP contribution in [0.4, 0.5) is 0 Å². The Labute approximate surface area is 211 Å². The minimum atomic E-state index is -0.898. The molecule has 1 amide bonds. The van der Waals surface area contributed by atoms with Gasteiger partial charge < -0.3 is 20.2 Å². The third kappa shape index (κ3) is 4.83. The molecular formula is C31H29NO4. The molecule has 5 heteroatoms. The normalized spacial score (nSPS) is 17.4. The van der Waals surface area contributed by atoms with Crippen molar-refractivity contribution in [2.45, 2.75) is 31.9 Å². The number of benzene rings is 3. The number of carbonyl (C=O) groups is 1. The lowest BCUT2D eigenvalue weighted by Gasteiger charge is -2.21. The first kappa shape index (κ1) is 23.6. The van der Waals surface area contributed by atoms with Crippen LogP contribution in [0, 0.1) is 0 Å². The fraction of sp³-hybridized carbons (Fsp3) is 0.194. The van der Waals surface area contributed by atoms with Gasteiger partial charge in [-0.1, -0.05) is 55.1 Å². The summed E-state index contributed by atoms with van der Waals surface area (Å²) in [7, 11) is 0. The van der Waals surface area contributed by atoms with E-state index in [4.69, 9.17) is 0 Å². The number of amides is 1. The highest BCUT2D eigenvalue weighted by Crippen LogP contribution is 2.40. The van der Waals surface area contributed by atoms with Crippen LogP contribution in [-0.2, 0) is 0 Å². The molecular weight excluding hydrogens is 450 g/mol. The molecule has 36 heavy (non-hydrogen) atoms. The predicted octanol–water partition coefficient (Wildman–Crippen LogP) is 6.10. The molecule has 182 valence electrons. The Balaban J connectivity index is 1.40. The van der Waals surface area contributed by atoms with Gasteiger partial charge in [-0.3, -0.25) is 4.79 Å². The van der Waals surface area contributed by atoms with Gasteiger partial charge in [-0.05, 0) is 89.4 Å². The summed E-state index contributed by atoms with van der Waals surface area (Å²) in [5.74, 6) is 0.280. The number of hydrogen-bond donors (Lipinski definition) is 3. The number of nitrogens with zero attached hydrogens (tertiary/aromatic N) is 1.